The molecule has 0 bridgehead atoms. The van der Waals surface area contributed by atoms with E-state index in [0.717, 1.165) is 23.1 Å². The van der Waals surface area contributed by atoms with E-state index >= 15 is 0 Å². The summed E-state index contributed by atoms with van der Waals surface area (Å²) < 4.78 is 7.50. The first-order valence-electron chi connectivity index (χ1n) is 11.0. The molecular weight excluding hydrogens is 448 g/mol. The zero-order valence-electron chi connectivity index (χ0n) is 20.4. The van der Waals surface area contributed by atoms with Crippen LogP contribution in [0.2, 0.25) is 0 Å². The molecule has 1 N–H and O–H groups in total. The lowest BCUT2D eigenvalue weighted by Crippen LogP contribution is -2.28. The predicted octanol–water partition coefficient (Wildman–Crippen LogP) is 3.69. The van der Waals surface area contributed by atoms with Crippen LogP contribution in [-0.4, -0.2) is 70.7 Å². The van der Waals surface area contributed by atoms with Gasteiger partial charge >= 0.3 is 0 Å². The number of ether oxygens (including phenoxy) is 1. The van der Waals surface area contributed by atoms with Gasteiger partial charge in [-0.05, 0) is 32.3 Å². The van der Waals surface area contributed by atoms with E-state index < -0.39 is 4.92 Å². The van der Waals surface area contributed by atoms with E-state index in [4.69, 9.17) is 4.74 Å². The van der Waals surface area contributed by atoms with Gasteiger partial charge in [-0.1, -0.05) is 0 Å². The average molecular weight is 477 g/mol. The summed E-state index contributed by atoms with van der Waals surface area (Å²) in [6.45, 7) is 1.37. The van der Waals surface area contributed by atoms with Crippen molar-refractivity contribution in [2.24, 2.45) is 7.05 Å². The molecule has 0 saturated carbocycles. The number of hydrogen-bond donors (Lipinski definition) is 1. The summed E-state index contributed by atoms with van der Waals surface area (Å²) in [6.07, 6.45) is 5.36. The molecule has 11 heteroatoms. The Bertz CT molecular complexity index is 1370. The highest BCUT2D eigenvalue weighted by atomic mass is 16.6. The number of methoxy groups -OCH3 is 1. The zero-order valence-corrected chi connectivity index (χ0v) is 20.4. The normalized spacial score (nSPS) is 11.1. The van der Waals surface area contributed by atoms with E-state index in [0.29, 0.717) is 35.3 Å². The Kier molecular flexibility index (Phi) is 6.78. The van der Waals surface area contributed by atoms with Crippen molar-refractivity contribution in [3.8, 4) is 17.0 Å². The molecule has 0 aliphatic rings. The van der Waals surface area contributed by atoms with Crippen molar-refractivity contribution < 1.29 is 9.66 Å². The van der Waals surface area contributed by atoms with Gasteiger partial charge < -0.3 is 24.4 Å². The molecule has 0 spiro atoms. The number of aryl methyl sites for hydroxylation is 1. The SMILES string of the molecule is COc1cc(N(C)CCN(C)C)c([N+](=O)[O-])cc1Nc1nccc(-c2cn(C)c3ncccc23)n1. The van der Waals surface area contributed by atoms with Gasteiger partial charge in [-0.15, -0.1) is 0 Å². The second-order valence-electron chi connectivity index (χ2n) is 8.44. The number of aromatic nitrogens is 4. The number of anilines is 3. The van der Waals surface area contributed by atoms with Crippen molar-refractivity contribution >= 4 is 34.0 Å². The van der Waals surface area contributed by atoms with Crippen LogP contribution in [0.1, 0.15) is 0 Å². The van der Waals surface area contributed by atoms with Crippen molar-refractivity contribution in [3.63, 3.8) is 0 Å². The number of benzene rings is 1. The molecule has 11 nitrogen and oxygen atoms in total. The third-order valence-electron chi connectivity index (χ3n) is 5.70. The fourth-order valence-electron chi connectivity index (χ4n) is 3.85. The number of fused-ring (bicyclic) bond motifs is 1. The molecule has 0 radical (unpaired) electrons. The molecular formula is C24H28N8O3. The maximum absolute atomic E-state index is 11.9. The van der Waals surface area contributed by atoms with Crippen LogP contribution < -0.4 is 15.0 Å². The van der Waals surface area contributed by atoms with Gasteiger partial charge in [0.25, 0.3) is 5.69 Å². The third kappa shape index (κ3) is 4.99. The van der Waals surface area contributed by atoms with E-state index in [1.807, 2.05) is 67.0 Å². The number of nitrogens with one attached hydrogen (secondary N) is 1. The van der Waals surface area contributed by atoms with E-state index in [9.17, 15) is 10.1 Å². The van der Waals surface area contributed by atoms with E-state index in [-0.39, 0.29) is 5.69 Å². The van der Waals surface area contributed by atoms with Gasteiger partial charge in [-0.25, -0.2) is 15.0 Å². The zero-order chi connectivity index (χ0) is 25.1. The summed E-state index contributed by atoms with van der Waals surface area (Å²) >= 11 is 0. The summed E-state index contributed by atoms with van der Waals surface area (Å²) in [4.78, 5) is 28.8. The summed E-state index contributed by atoms with van der Waals surface area (Å²) in [5.41, 5.74) is 3.30. The molecule has 0 aliphatic heterocycles. The molecule has 0 fully saturated rings. The first-order valence-corrected chi connectivity index (χ1v) is 11.0. The Hall–Kier alpha value is -4.25. The quantitative estimate of drug-likeness (QED) is 0.285. The molecule has 3 heterocycles. The molecule has 1 aromatic carbocycles. The standard InChI is InChI=1S/C24H28N8O3/c1-29(2)11-12-30(3)20-14-22(35-5)19(13-21(20)32(33)34)28-24-26-10-8-18(27-24)17-15-31(4)23-16(17)7-6-9-25-23/h6-10,13-15H,11-12H2,1-5H3,(H,26,27,28). The predicted molar refractivity (Wildman–Crippen MR) is 136 cm³/mol. The lowest BCUT2D eigenvalue weighted by Gasteiger charge is -2.22. The van der Waals surface area contributed by atoms with E-state index in [1.54, 1.807) is 18.5 Å². The summed E-state index contributed by atoms with van der Waals surface area (Å²) in [5.74, 6) is 0.746. The van der Waals surface area contributed by atoms with Crippen molar-refractivity contribution in [2.75, 3.05) is 51.6 Å². The van der Waals surface area contributed by atoms with Gasteiger partial charge in [-0.3, -0.25) is 10.1 Å². The second-order valence-corrected chi connectivity index (χ2v) is 8.44. The van der Waals surface area contributed by atoms with Crippen molar-refractivity contribution in [1.29, 1.82) is 0 Å². The number of pyridine rings is 1. The average Bonchev–Trinajstić information content (AvgIpc) is 3.19. The maximum Gasteiger partial charge on any atom is 0.294 e. The Balaban J connectivity index is 1.70. The van der Waals surface area contributed by atoms with Crippen LogP contribution in [0, 0.1) is 10.1 Å². The van der Waals surface area contributed by atoms with Gasteiger partial charge in [0.1, 0.15) is 17.1 Å². The molecule has 4 rings (SSSR count). The van der Waals surface area contributed by atoms with Crippen LogP contribution >= 0.6 is 0 Å². The molecule has 4 aromatic rings. The molecule has 35 heavy (non-hydrogen) atoms. The first kappa shape index (κ1) is 23.9. The van der Waals surface area contributed by atoms with Gasteiger partial charge in [-0.2, -0.15) is 0 Å². The Morgan fingerprint density at radius 2 is 1.94 bits per heavy atom. The topological polar surface area (TPSA) is 114 Å². The molecule has 3 aromatic heterocycles. The number of rotatable bonds is 9. The first-order chi connectivity index (χ1) is 16.8. The summed E-state index contributed by atoms with van der Waals surface area (Å²) in [6, 6.07) is 8.81. The minimum Gasteiger partial charge on any atom is -0.494 e. The highest BCUT2D eigenvalue weighted by molar-refractivity contribution is 5.93. The van der Waals surface area contributed by atoms with Crippen molar-refractivity contribution in [1.82, 2.24) is 24.4 Å². The minimum atomic E-state index is -0.396. The molecule has 0 atom stereocenters. The maximum atomic E-state index is 11.9. The second kappa shape index (κ2) is 9.94. The van der Waals surface area contributed by atoms with Crippen molar-refractivity contribution in [2.45, 2.75) is 0 Å². The Labute approximate surface area is 203 Å². The van der Waals surface area contributed by atoms with Gasteiger partial charge in [0, 0.05) is 68.9 Å². The van der Waals surface area contributed by atoms with E-state index in [2.05, 4.69) is 20.3 Å². The van der Waals surface area contributed by atoms with Gasteiger partial charge in [0.15, 0.2) is 0 Å². The van der Waals surface area contributed by atoms with Crippen LogP contribution in [0.5, 0.6) is 5.75 Å². The third-order valence-corrected chi connectivity index (χ3v) is 5.70. The van der Waals surface area contributed by atoms with Crippen LogP contribution in [0.4, 0.5) is 23.0 Å². The van der Waals surface area contributed by atoms with Crippen LogP contribution in [0.25, 0.3) is 22.3 Å². The van der Waals surface area contributed by atoms with Crippen LogP contribution in [0.15, 0.2) is 48.9 Å². The van der Waals surface area contributed by atoms with Gasteiger partial charge in [0.2, 0.25) is 5.95 Å². The Morgan fingerprint density at radius 1 is 1.14 bits per heavy atom. The smallest absolute Gasteiger partial charge is 0.294 e. The summed E-state index contributed by atoms with van der Waals surface area (Å²) in [5, 5.41) is 16.0. The number of nitrogens with zero attached hydrogens (tertiary/aromatic N) is 7. The monoisotopic (exact) mass is 476 g/mol. The Morgan fingerprint density at radius 3 is 2.66 bits per heavy atom. The molecule has 0 amide bonds. The minimum absolute atomic E-state index is 0.0363. The number of nitro groups is 1. The van der Waals surface area contributed by atoms with Crippen LogP contribution in [0.3, 0.4) is 0 Å². The fourth-order valence-corrected chi connectivity index (χ4v) is 3.85. The van der Waals surface area contributed by atoms with E-state index in [1.165, 1.54) is 13.2 Å². The molecule has 0 unspecified atom stereocenters. The van der Waals surface area contributed by atoms with Crippen molar-refractivity contribution in [3.05, 3.63) is 59.0 Å². The number of hydrogen-bond acceptors (Lipinski definition) is 9. The fraction of sp³-hybridized carbons (Fsp3) is 0.292. The lowest BCUT2D eigenvalue weighted by molar-refractivity contribution is -0.384. The van der Waals surface area contributed by atoms with Crippen LogP contribution in [-0.2, 0) is 7.05 Å². The number of nitro benzene ring substituents is 1. The highest BCUT2D eigenvalue weighted by Gasteiger charge is 2.22. The highest BCUT2D eigenvalue weighted by Crippen LogP contribution is 2.39. The molecule has 0 aliphatic carbocycles. The number of likely N-dealkylation sites (N-methyl/N-ethyl adjacent to an activating group) is 2. The lowest BCUT2D eigenvalue weighted by atomic mass is 10.1. The molecule has 182 valence electrons. The largest absolute Gasteiger partial charge is 0.494 e. The molecule has 0 saturated heterocycles. The summed E-state index contributed by atoms with van der Waals surface area (Å²) in [7, 11) is 9.19. The van der Waals surface area contributed by atoms with Gasteiger partial charge in [0.05, 0.1) is 23.4 Å².